The van der Waals surface area contributed by atoms with Crippen LogP contribution in [0.2, 0.25) is 0 Å². The fourth-order valence-electron chi connectivity index (χ4n) is 1.90. The Morgan fingerprint density at radius 2 is 1.67 bits per heavy atom. The van der Waals surface area contributed by atoms with E-state index in [9.17, 15) is 24.3 Å². The fourth-order valence-corrected chi connectivity index (χ4v) is 1.90. The molecule has 0 heterocycles. The maximum Gasteiger partial charge on any atom is 0.320 e. The SMILES string of the molecule is CCOC(=O)CCNCC(=O)O[C@](CC)(CO)COC(=O)CNCCC=O. The molecule has 0 amide bonds. The predicted octanol–water partition coefficient (Wildman–Crippen LogP) is -1.06. The van der Waals surface area contributed by atoms with Gasteiger partial charge >= 0.3 is 17.9 Å². The zero-order valence-electron chi connectivity index (χ0n) is 16.0. The van der Waals surface area contributed by atoms with E-state index >= 15 is 0 Å². The van der Waals surface area contributed by atoms with Crippen LogP contribution < -0.4 is 10.6 Å². The molecule has 0 aromatic heterocycles. The lowest BCUT2D eigenvalue weighted by Crippen LogP contribution is -2.46. The monoisotopic (exact) mass is 390 g/mol. The highest BCUT2D eigenvalue weighted by Crippen LogP contribution is 2.16. The van der Waals surface area contributed by atoms with E-state index in [0.717, 1.165) is 6.29 Å². The average molecular weight is 390 g/mol. The third-order valence-corrected chi connectivity index (χ3v) is 3.55. The highest BCUT2D eigenvalue weighted by Gasteiger charge is 2.33. The Hall–Kier alpha value is -2.04. The first kappa shape index (κ1) is 25.0. The van der Waals surface area contributed by atoms with E-state index in [-0.39, 0.29) is 51.5 Å². The van der Waals surface area contributed by atoms with Gasteiger partial charge in [-0.15, -0.1) is 0 Å². The van der Waals surface area contributed by atoms with Crippen molar-refractivity contribution >= 4 is 24.2 Å². The third kappa shape index (κ3) is 12.1. The molecular formula is C17H30N2O8. The Morgan fingerprint density at radius 3 is 2.26 bits per heavy atom. The van der Waals surface area contributed by atoms with Crippen LogP contribution in [0, 0.1) is 0 Å². The van der Waals surface area contributed by atoms with Crippen LogP contribution in [0.3, 0.4) is 0 Å². The number of hydrogen-bond donors (Lipinski definition) is 3. The van der Waals surface area contributed by atoms with Crippen LogP contribution in [0.1, 0.15) is 33.1 Å². The number of aliphatic hydroxyl groups is 1. The summed E-state index contributed by atoms with van der Waals surface area (Å²) in [5.41, 5.74) is -1.33. The molecule has 0 rings (SSSR count). The molecule has 0 fully saturated rings. The molecule has 0 spiro atoms. The summed E-state index contributed by atoms with van der Waals surface area (Å²) in [5, 5.41) is 15.1. The summed E-state index contributed by atoms with van der Waals surface area (Å²) in [6.45, 7) is 3.22. The first-order valence-electron chi connectivity index (χ1n) is 8.92. The lowest BCUT2D eigenvalue weighted by molar-refractivity contribution is -0.177. The van der Waals surface area contributed by atoms with Gasteiger partial charge in [-0.05, 0) is 13.3 Å². The summed E-state index contributed by atoms with van der Waals surface area (Å²) in [7, 11) is 0. The molecule has 3 N–H and O–H groups in total. The van der Waals surface area contributed by atoms with Crippen molar-refractivity contribution in [3.8, 4) is 0 Å². The van der Waals surface area contributed by atoms with Crippen molar-refractivity contribution < 1.29 is 38.5 Å². The quantitative estimate of drug-likeness (QED) is 0.129. The molecule has 10 nitrogen and oxygen atoms in total. The van der Waals surface area contributed by atoms with Crippen molar-refractivity contribution in [2.75, 3.05) is 46.0 Å². The molecule has 0 saturated carbocycles. The molecule has 27 heavy (non-hydrogen) atoms. The van der Waals surface area contributed by atoms with Crippen molar-refractivity contribution in [3.63, 3.8) is 0 Å². The molecule has 1 atom stereocenters. The molecule has 0 aromatic rings. The second kappa shape index (κ2) is 15.1. The molecule has 0 saturated heterocycles. The number of ether oxygens (including phenoxy) is 3. The minimum Gasteiger partial charge on any atom is -0.466 e. The third-order valence-electron chi connectivity index (χ3n) is 3.55. The van der Waals surface area contributed by atoms with Crippen LogP contribution in [0.25, 0.3) is 0 Å². The topological polar surface area (TPSA) is 140 Å². The minimum absolute atomic E-state index is 0.0948. The molecule has 0 aliphatic carbocycles. The standard InChI is InChI=1S/C17H30N2O8/c1-3-17(12-21,13-26-15(23)10-18-7-5-9-20)27-16(24)11-19-8-6-14(22)25-4-2/h9,18-19,21H,3-8,10-13H2,1-2H3/t17-/m1/s1. The van der Waals surface area contributed by atoms with Crippen LogP contribution in [-0.2, 0) is 33.4 Å². The number of rotatable bonds is 16. The highest BCUT2D eigenvalue weighted by molar-refractivity contribution is 5.73. The van der Waals surface area contributed by atoms with Gasteiger partial charge in [0.1, 0.15) is 12.9 Å². The molecule has 0 bridgehead atoms. The van der Waals surface area contributed by atoms with Crippen LogP contribution in [0.15, 0.2) is 0 Å². The summed E-state index contributed by atoms with van der Waals surface area (Å²) in [6, 6.07) is 0. The van der Waals surface area contributed by atoms with Crippen molar-refractivity contribution in [2.45, 2.75) is 38.7 Å². The first-order valence-corrected chi connectivity index (χ1v) is 8.92. The van der Waals surface area contributed by atoms with E-state index in [0.29, 0.717) is 13.2 Å². The summed E-state index contributed by atoms with van der Waals surface area (Å²) < 4.78 is 15.1. The van der Waals surface area contributed by atoms with Crippen LogP contribution in [0.5, 0.6) is 0 Å². The normalized spacial score (nSPS) is 12.7. The zero-order valence-corrected chi connectivity index (χ0v) is 16.0. The molecule has 156 valence electrons. The van der Waals surface area contributed by atoms with E-state index in [1.54, 1.807) is 13.8 Å². The second-order valence-electron chi connectivity index (χ2n) is 5.69. The van der Waals surface area contributed by atoms with Crippen molar-refractivity contribution in [1.82, 2.24) is 10.6 Å². The average Bonchev–Trinajstić information content (AvgIpc) is 2.66. The van der Waals surface area contributed by atoms with Crippen molar-refractivity contribution in [3.05, 3.63) is 0 Å². The number of esters is 3. The lowest BCUT2D eigenvalue weighted by Gasteiger charge is -2.30. The van der Waals surface area contributed by atoms with E-state index in [1.807, 2.05) is 0 Å². The zero-order chi connectivity index (χ0) is 20.5. The Bertz CT molecular complexity index is 466. The van der Waals surface area contributed by atoms with Crippen LogP contribution in [0.4, 0.5) is 0 Å². The largest absolute Gasteiger partial charge is 0.466 e. The summed E-state index contributed by atoms with van der Waals surface area (Å²) >= 11 is 0. The van der Waals surface area contributed by atoms with Crippen molar-refractivity contribution in [1.29, 1.82) is 0 Å². The van der Waals surface area contributed by atoms with Gasteiger partial charge in [0.25, 0.3) is 0 Å². The van der Waals surface area contributed by atoms with Gasteiger partial charge in [-0.2, -0.15) is 0 Å². The minimum atomic E-state index is -1.33. The van der Waals surface area contributed by atoms with E-state index in [4.69, 9.17) is 14.2 Å². The number of carbonyl (C=O) groups excluding carboxylic acids is 4. The van der Waals surface area contributed by atoms with Crippen LogP contribution in [-0.4, -0.2) is 80.9 Å². The smallest absolute Gasteiger partial charge is 0.320 e. The summed E-state index contributed by atoms with van der Waals surface area (Å²) in [6.07, 6.45) is 1.37. The molecule has 10 heteroatoms. The lowest BCUT2D eigenvalue weighted by atomic mass is 10.0. The summed E-state index contributed by atoms with van der Waals surface area (Å²) in [5.74, 6) is -1.60. The number of carbonyl (C=O) groups is 4. The van der Waals surface area contributed by atoms with Gasteiger partial charge in [-0.25, -0.2) is 0 Å². The molecule has 0 aromatic carbocycles. The predicted molar refractivity (Wildman–Crippen MR) is 94.8 cm³/mol. The van der Waals surface area contributed by atoms with Gasteiger partial charge in [0, 0.05) is 19.5 Å². The van der Waals surface area contributed by atoms with Gasteiger partial charge in [0.2, 0.25) is 0 Å². The number of aliphatic hydroxyl groups excluding tert-OH is 1. The molecular weight excluding hydrogens is 360 g/mol. The van der Waals surface area contributed by atoms with Crippen LogP contribution >= 0.6 is 0 Å². The summed E-state index contributed by atoms with van der Waals surface area (Å²) in [4.78, 5) is 45.0. The number of nitrogens with one attached hydrogen (secondary N) is 2. The van der Waals surface area contributed by atoms with E-state index < -0.39 is 24.1 Å². The maximum absolute atomic E-state index is 11.9. The Morgan fingerprint density at radius 1 is 1.00 bits per heavy atom. The Kier molecular flexibility index (Phi) is 13.9. The Labute approximate surface area is 158 Å². The van der Waals surface area contributed by atoms with Gasteiger partial charge in [-0.3, -0.25) is 14.4 Å². The highest BCUT2D eigenvalue weighted by atomic mass is 16.6. The van der Waals surface area contributed by atoms with Gasteiger partial charge in [0.05, 0.1) is 32.7 Å². The molecule has 0 aliphatic rings. The molecule has 0 aliphatic heterocycles. The Balaban J connectivity index is 4.26. The number of hydrogen-bond acceptors (Lipinski definition) is 10. The number of aldehydes is 1. The van der Waals surface area contributed by atoms with E-state index in [1.165, 1.54) is 0 Å². The first-order chi connectivity index (χ1) is 12.9. The molecule has 0 radical (unpaired) electrons. The molecule has 0 unspecified atom stereocenters. The van der Waals surface area contributed by atoms with Gasteiger partial charge in [0.15, 0.2) is 5.60 Å². The fraction of sp³-hybridized carbons (Fsp3) is 0.765. The van der Waals surface area contributed by atoms with Gasteiger partial charge in [-0.1, -0.05) is 6.92 Å². The van der Waals surface area contributed by atoms with Crippen molar-refractivity contribution in [2.24, 2.45) is 0 Å². The second-order valence-corrected chi connectivity index (χ2v) is 5.69. The maximum atomic E-state index is 11.9. The van der Waals surface area contributed by atoms with E-state index in [2.05, 4.69) is 10.6 Å². The van der Waals surface area contributed by atoms with Gasteiger partial charge < -0.3 is 34.7 Å².